The molecule has 3 heterocycles. The zero-order valence-electron chi connectivity index (χ0n) is 30.4. The number of nitrogens with zero attached hydrogens (tertiary/aromatic N) is 3. The molecule has 0 spiro atoms. The van der Waals surface area contributed by atoms with Crippen molar-refractivity contribution in [2.75, 3.05) is 45.8 Å². The van der Waals surface area contributed by atoms with Gasteiger partial charge in [0.15, 0.2) is 6.10 Å². The summed E-state index contributed by atoms with van der Waals surface area (Å²) in [7, 11) is 0. The van der Waals surface area contributed by atoms with E-state index in [1.807, 2.05) is 50.0 Å². The van der Waals surface area contributed by atoms with Crippen molar-refractivity contribution in [1.29, 1.82) is 0 Å². The normalized spacial score (nSPS) is 31.7. The highest BCUT2D eigenvalue weighted by Crippen LogP contribution is 2.28. The summed E-state index contributed by atoms with van der Waals surface area (Å²) in [6.07, 6.45) is 16.1. The second kappa shape index (κ2) is 18.9. The van der Waals surface area contributed by atoms with Crippen LogP contribution >= 0.6 is 0 Å². The second-order valence-corrected chi connectivity index (χ2v) is 15.0. The number of hydrogen-bond acceptors (Lipinski definition) is 8. The van der Waals surface area contributed by atoms with Crippen LogP contribution in [-0.2, 0) is 14.3 Å². The number of aliphatic hydroxyl groups excluding tert-OH is 1. The number of hydrogen-bond donors (Lipinski definition) is 3. The monoisotopic (exact) mass is 686 g/mol. The predicted octanol–water partition coefficient (Wildman–Crippen LogP) is 5.18. The standard InChI is InChI=1S/C38H62N4O7/c1-28(27-39-36(45)41-20-9-10-21-41)12-11-13-29(2)35-30(3)16-17-33(38(4,47)19-18-32(43)26-34(44)49-35)48-37(46)42-24-22-40(23-25-42)31-14-7-5-6-8-15-31/h11-13,16-17,28,30-33,35,43,47H,5-10,14-15,18-27H2,1-4H3,(H,39,45)/b12-11+,17-16+,29-13+/t28?,30-,32-,33-,35+,38-/m0/s1. The second-order valence-electron chi connectivity index (χ2n) is 15.0. The first-order valence-electron chi connectivity index (χ1n) is 18.8. The molecule has 0 aromatic carbocycles. The lowest BCUT2D eigenvalue weighted by atomic mass is 9.89. The molecule has 0 radical (unpaired) electrons. The fourth-order valence-electron chi connectivity index (χ4n) is 7.37. The molecule has 2 saturated heterocycles. The van der Waals surface area contributed by atoms with Crippen LogP contribution < -0.4 is 5.32 Å². The summed E-state index contributed by atoms with van der Waals surface area (Å²) < 4.78 is 11.9. The van der Waals surface area contributed by atoms with Crippen molar-refractivity contribution in [1.82, 2.24) is 20.0 Å². The van der Waals surface area contributed by atoms with E-state index in [9.17, 15) is 24.6 Å². The lowest BCUT2D eigenvalue weighted by Gasteiger charge is -2.40. The van der Waals surface area contributed by atoms with Crippen molar-refractivity contribution in [3.63, 3.8) is 0 Å². The maximum absolute atomic E-state index is 13.4. The zero-order valence-corrected chi connectivity index (χ0v) is 30.4. The molecule has 1 unspecified atom stereocenters. The molecule has 11 nitrogen and oxygen atoms in total. The topological polar surface area (TPSA) is 132 Å². The number of amides is 3. The molecule has 3 fully saturated rings. The summed E-state index contributed by atoms with van der Waals surface area (Å²) in [6.45, 7) is 12.4. The lowest BCUT2D eigenvalue weighted by Crippen LogP contribution is -2.53. The Morgan fingerprint density at radius 2 is 1.69 bits per heavy atom. The molecule has 1 aliphatic carbocycles. The van der Waals surface area contributed by atoms with Crippen LogP contribution in [0.15, 0.2) is 36.0 Å². The fourth-order valence-corrected chi connectivity index (χ4v) is 7.37. The maximum Gasteiger partial charge on any atom is 0.410 e. The molecule has 3 aliphatic heterocycles. The summed E-state index contributed by atoms with van der Waals surface area (Å²) in [4.78, 5) is 44.7. The molecule has 11 heteroatoms. The van der Waals surface area contributed by atoms with Crippen LogP contribution in [0.3, 0.4) is 0 Å². The van der Waals surface area contributed by atoms with E-state index in [1.54, 1.807) is 17.9 Å². The van der Waals surface area contributed by atoms with Crippen LogP contribution in [0.4, 0.5) is 9.59 Å². The molecule has 3 amide bonds. The number of cyclic esters (lactones) is 1. The molecule has 4 aliphatic rings. The number of urea groups is 1. The quantitative estimate of drug-likeness (QED) is 0.145. The van der Waals surface area contributed by atoms with Gasteiger partial charge in [0.1, 0.15) is 11.7 Å². The van der Waals surface area contributed by atoms with E-state index in [2.05, 4.69) is 10.2 Å². The van der Waals surface area contributed by atoms with Crippen LogP contribution in [0.1, 0.15) is 98.3 Å². The fraction of sp³-hybridized carbons (Fsp3) is 0.763. The van der Waals surface area contributed by atoms with Gasteiger partial charge in [0.05, 0.1) is 12.5 Å². The number of aliphatic hydroxyl groups is 2. The van der Waals surface area contributed by atoms with Crippen molar-refractivity contribution in [3.05, 3.63) is 36.0 Å². The van der Waals surface area contributed by atoms with Crippen LogP contribution in [0.2, 0.25) is 0 Å². The number of ether oxygens (including phenoxy) is 2. The number of carbonyl (C=O) groups is 3. The summed E-state index contributed by atoms with van der Waals surface area (Å²) in [6, 6.07) is 0.567. The number of carbonyl (C=O) groups excluding carboxylic acids is 3. The molecular formula is C38H62N4O7. The van der Waals surface area contributed by atoms with E-state index < -0.39 is 36.0 Å². The van der Waals surface area contributed by atoms with Gasteiger partial charge in [-0.1, -0.05) is 63.8 Å². The number of rotatable bonds is 7. The first-order valence-corrected chi connectivity index (χ1v) is 18.8. The van der Waals surface area contributed by atoms with Crippen molar-refractivity contribution in [2.45, 2.75) is 128 Å². The third-order valence-electron chi connectivity index (χ3n) is 10.7. The Bertz CT molecular complexity index is 1160. The smallest absolute Gasteiger partial charge is 0.410 e. The molecule has 0 bridgehead atoms. The van der Waals surface area contributed by atoms with Gasteiger partial charge in [0, 0.05) is 57.8 Å². The first kappa shape index (κ1) is 38.9. The third-order valence-corrected chi connectivity index (χ3v) is 10.7. The minimum Gasteiger partial charge on any atom is -0.457 e. The minimum absolute atomic E-state index is 0.0251. The van der Waals surface area contributed by atoms with Crippen molar-refractivity contribution in [2.24, 2.45) is 11.8 Å². The minimum atomic E-state index is -1.46. The third kappa shape index (κ3) is 12.1. The summed E-state index contributed by atoms with van der Waals surface area (Å²) >= 11 is 0. The summed E-state index contributed by atoms with van der Waals surface area (Å²) in [5.74, 6) is -0.736. The highest BCUT2D eigenvalue weighted by molar-refractivity contribution is 5.74. The van der Waals surface area contributed by atoms with Crippen LogP contribution in [0.5, 0.6) is 0 Å². The van der Waals surface area contributed by atoms with E-state index in [0.717, 1.165) is 44.6 Å². The molecule has 0 aromatic heterocycles. The van der Waals surface area contributed by atoms with Gasteiger partial charge in [-0.3, -0.25) is 9.69 Å². The van der Waals surface area contributed by atoms with Crippen molar-refractivity contribution < 1.29 is 34.1 Å². The predicted molar refractivity (Wildman–Crippen MR) is 190 cm³/mol. The molecule has 1 saturated carbocycles. The maximum atomic E-state index is 13.4. The molecule has 6 atom stereocenters. The molecule has 3 N–H and O–H groups in total. The molecular weight excluding hydrogens is 624 g/mol. The number of likely N-dealkylation sites (tertiary alicyclic amines) is 1. The zero-order chi connectivity index (χ0) is 35.4. The summed E-state index contributed by atoms with van der Waals surface area (Å²) in [5, 5.41) is 25.2. The molecule has 4 rings (SSSR count). The van der Waals surface area contributed by atoms with E-state index >= 15 is 0 Å². The van der Waals surface area contributed by atoms with E-state index in [1.165, 1.54) is 38.5 Å². The average molecular weight is 687 g/mol. The lowest BCUT2D eigenvalue weighted by molar-refractivity contribution is -0.151. The number of piperazine rings is 1. The Balaban J connectivity index is 1.40. The van der Waals surface area contributed by atoms with Gasteiger partial charge in [-0.25, -0.2) is 9.59 Å². The SMILES string of the molecule is C/C(=C\C=C\C(C)CNC(=O)N1CCCC1)[C@H]1OC(=O)C[C@@H](O)CC[C@](C)(O)[C@@H](OC(=O)N2CCN(C3CCCCCC3)CC2)/C=C/[C@@H]1C. The van der Waals surface area contributed by atoms with Gasteiger partial charge < -0.3 is 34.8 Å². The van der Waals surface area contributed by atoms with Crippen LogP contribution in [0, 0.1) is 11.8 Å². The summed E-state index contributed by atoms with van der Waals surface area (Å²) in [5.41, 5.74) is -0.657. The van der Waals surface area contributed by atoms with Crippen LogP contribution in [-0.4, -0.2) is 119 Å². The van der Waals surface area contributed by atoms with Crippen molar-refractivity contribution >= 4 is 18.1 Å². The first-order chi connectivity index (χ1) is 23.4. The van der Waals surface area contributed by atoms with Gasteiger partial charge in [0.2, 0.25) is 0 Å². The largest absolute Gasteiger partial charge is 0.457 e. The van der Waals surface area contributed by atoms with Crippen LogP contribution in [0.25, 0.3) is 0 Å². The number of esters is 1. The Kier molecular flexibility index (Phi) is 15.0. The average Bonchev–Trinajstić information content (AvgIpc) is 3.49. The van der Waals surface area contributed by atoms with E-state index in [4.69, 9.17) is 9.47 Å². The van der Waals surface area contributed by atoms with Gasteiger partial charge in [-0.15, -0.1) is 0 Å². The number of allylic oxidation sites excluding steroid dienone is 2. The number of nitrogens with one attached hydrogen (secondary N) is 1. The Hall–Kier alpha value is -2.89. The van der Waals surface area contributed by atoms with Gasteiger partial charge in [0.25, 0.3) is 0 Å². The Labute approximate surface area is 293 Å². The van der Waals surface area contributed by atoms with E-state index in [-0.39, 0.29) is 37.1 Å². The Morgan fingerprint density at radius 1 is 1.02 bits per heavy atom. The van der Waals surface area contributed by atoms with Crippen molar-refractivity contribution in [3.8, 4) is 0 Å². The molecule has 49 heavy (non-hydrogen) atoms. The highest BCUT2D eigenvalue weighted by Gasteiger charge is 2.37. The van der Waals surface area contributed by atoms with E-state index in [0.29, 0.717) is 25.7 Å². The van der Waals surface area contributed by atoms with Gasteiger partial charge in [-0.05, 0) is 69.9 Å². The molecule has 0 aromatic rings. The Morgan fingerprint density at radius 3 is 2.37 bits per heavy atom. The molecule has 276 valence electrons. The highest BCUT2D eigenvalue weighted by atomic mass is 16.6. The van der Waals surface area contributed by atoms with Gasteiger partial charge >= 0.3 is 18.1 Å². The van der Waals surface area contributed by atoms with Gasteiger partial charge in [-0.2, -0.15) is 0 Å².